The molecule has 5 heterocycles. The second-order valence-corrected chi connectivity index (χ2v) is 10.7. The van der Waals surface area contributed by atoms with Crippen LogP contribution in [0, 0.1) is 11.6 Å². The largest absolute Gasteiger partial charge is 0.514 e. The molecular formula is C31H26F2N4O6. The molecule has 0 aliphatic carbocycles. The molecule has 1 fully saturated rings. The highest BCUT2D eigenvalue weighted by atomic mass is 19.2. The standard InChI is InChI=1S/C31H26F2N4O6/c1-17(2)42-31(40)43-29-23(38)11-13-36-28(29)30(39)35-14-15-41-16-24(35)37(36)27-18-6-3-4-7-21(18)34-12-5-8-22(34)25-19(27)9-10-20(32)26(25)33/h3-13,17,24,27H,14-16H2,1-2H3/t24-,27-/m1/s1. The van der Waals surface area contributed by atoms with E-state index in [4.69, 9.17) is 14.2 Å². The fraction of sp³-hybridized carbons (Fsp3) is 0.258. The first-order chi connectivity index (χ1) is 20.8. The van der Waals surface area contributed by atoms with E-state index in [1.807, 2.05) is 24.3 Å². The Kier molecular flexibility index (Phi) is 6.31. The molecule has 1 amide bonds. The molecule has 12 heteroatoms. The number of amides is 1. The third-order valence-corrected chi connectivity index (χ3v) is 7.86. The van der Waals surface area contributed by atoms with Gasteiger partial charge in [-0.2, -0.15) is 0 Å². The highest BCUT2D eigenvalue weighted by Gasteiger charge is 2.47. The second-order valence-electron chi connectivity index (χ2n) is 10.7. The van der Waals surface area contributed by atoms with E-state index in [9.17, 15) is 18.8 Å². The highest BCUT2D eigenvalue weighted by Crippen LogP contribution is 2.46. The van der Waals surface area contributed by atoms with Gasteiger partial charge >= 0.3 is 6.16 Å². The molecular weight excluding hydrogens is 562 g/mol. The van der Waals surface area contributed by atoms with Gasteiger partial charge in [-0.3, -0.25) is 19.3 Å². The lowest BCUT2D eigenvalue weighted by Gasteiger charge is -2.51. The number of benzene rings is 2. The zero-order valence-electron chi connectivity index (χ0n) is 23.2. The van der Waals surface area contributed by atoms with Gasteiger partial charge in [0.05, 0.1) is 30.7 Å². The molecule has 0 radical (unpaired) electrons. The Labute approximate surface area is 244 Å². The summed E-state index contributed by atoms with van der Waals surface area (Å²) in [6.45, 7) is 3.75. The van der Waals surface area contributed by atoms with Crippen LogP contribution in [-0.2, 0) is 9.47 Å². The van der Waals surface area contributed by atoms with Gasteiger partial charge in [0.25, 0.3) is 5.91 Å². The molecule has 0 saturated carbocycles. The molecule has 0 unspecified atom stereocenters. The number of para-hydroxylation sites is 1. The van der Waals surface area contributed by atoms with Crippen molar-refractivity contribution in [2.24, 2.45) is 0 Å². The summed E-state index contributed by atoms with van der Waals surface area (Å²) in [6.07, 6.45) is 0.806. The lowest BCUT2D eigenvalue weighted by atomic mass is 9.91. The SMILES string of the molecule is CC(C)OC(=O)Oc1c2n(ccc1=O)N([C@@H]1c3ccccc3-n3cccc3-c3c1ccc(F)c3F)[C@@H]1COCCN1C2=O. The minimum absolute atomic E-state index is 0.0611. The van der Waals surface area contributed by atoms with Crippen LogP contribution in [0.4, 0.5) is 13.6 Å². The van der Waals surface area contributed by atoms with Crippen LogP contribution < -0.4 is 15.2 Å². The number of morpholine rings is 1. The summed E-state index contributed by atoms with van der Waals surface area (Å²) in [5, 5.41) is 1.79. The number of hydrogen-bond donors (Lipinski definition) is 0. The smallest absolute Gasteiger partial charge is 0.431 e. The third kappa shape index (κ3) is 4.12. The van der Waals surface area contributed by atoms with Crippen LogP contribution in [0.3, 0.4) is 0 Å². The summed E-state index contributed by atoms with van der Waals surface area (Å²) in [7, 11) is 0. The van der Waals surface area contributed by atoms with E-state index in [2.05, 4.69) is 0 Å². The number of carbonyl (C=O) groups excluding carboxylic acids is 2. The van der Waals surface area contributed by atoms with Crippen molar-refractivity contribution >= 4 is 12.1 Å². The minimum Gasteiger partial charge on any atom is -0.431 e. The van der Waals surface area contributed by atoms with Crippen molar-refractivity contribution < 1.29 is 32.6 Å². The van der Waals surface area contributed by atoms with E-state index in [0.717, 1.165) is 11.6 Å². The average Bonchev–Trinajstić information content (AvgIpc) is 3.43. The molecule has 0 spiro atoms. The number of carbonyl (C=O) groups is 2. The van der Waals surface area contributed by atoms with Crippen molar-refractivity contribution in [3.8, 4) is 22.7 Å². The molecule has 4 aromatic rings. The van der Waals surface area contributed by atoms with Crippen LogP contribution in [-0.4, -0.2) is 58.2 Å². The van der Waals surface area contributed by atoms with Gasteiger partial charge in [-0.25, -0.2) is 13.6 Å². The number of rotatable bonds is 3. The number of halogens is 2. The highest BCUT2D eigenvalue weighted by molar-refractivity contribution is 5.97. The van der Waals surface area contributed by atoms with Crippen molar-refractivity contribution in [2.45, 2.75) is 32.2 Å². The maximum absolute atomic E-state index is 15.8. The molecule has 0 N–H and O–H groups in total. The van der Waals surface area contributed by atoms with Gasteiger partial charge in [-0.15, -0.1) is 0 Å². The first kappa shape index (κ1) is 26.9. The fourth-order valence-corrected chi connectivity index (χ4v) is 6.16. The molecule has 2 aromatic carbocycles. The topological polar surface area (TPSA) is 95.2 Å². The first-order valence-electron chi connectivity index (χ1n) is 13.8. The van der Waals surface area contributed by atoms with Gasteiger partial charge in [0.15, 0.2) is 17.3 Å². The Bertz CT molecular complexity index is 1850. The van der Waals surface area contributed by atoms with Crippen molar-refractivity contribution in [3.63, 3.8) is 0 Å². The van der Waals surface area contributed by atoms with Crippen molar-refractivity contribution in [1.29, 1.82) is 0 Å². The number of ether oxygens (including phenoxy) is 3. The maximum Gasteiger partial charge on any atom is 0.514 e. The Hall–Kier alpha value is -4.97. The maximum atomic E-state index is 15.8. The zero-order valence-corrected chi connectivity index (χ0v) is 23.2. The quantitative estimate of drug-likeness (QED) is 0.328. The summed E-state index contributed by atoms with van der Waals surface area (Å²) in [5.41, 5.74) is 1.47. The van der Waals surface area contributed by atoms with Gasteiger partial charge in [0.2, 0.25) is 11.2 Å². The summed E-state index contributed by atoms with van der Waals surface area (Å²) >= 11 is 0. The Morgan fingerprint density at radius 1 is 1.00 bits per heavy atom. The van der Waals surface area contributed by atoms with Crippen molar-refractivity contribution in [1.82, 2.24) is 14.1 Å². The van der Waals surface area contributed by atoms with Gasteiger partial charge in [-0.05, 0) is 43.7 Å². The monoisotopic (exact) mass is 588 g/mol. The van der Waals surface area contributed by atoms with E-state index >= 15 is 4.39 Å². The van der Waals surface area contributed by atoms with Crippen LogP contribution in [0.1, 0.15) is 41.5 Å². The molecule has 10 nitrogen and oxygen atoms in total. The van der Waals surface area contributed by atoms with Crippen LogP contribution in [0.15, 0.2) is 71.8 Å². The number of pyridine rings is 1. The lowest BCUT2D eigenvalue weighted by Crippen LogP contribution is -2.66. The summed E-state index contributed by atoms with van der Waals surface area (Å²) in [6, 6.07) is 13.9. The van der Waals surface area contributed by atoms with Gasteiger partial charge in [-0.1, -0.05) is 24.3 Å². The fourth-order valence-electron chi connectivity index (χ4n) is 6.16. The zero-order chi connectivity index (χ0) is 30.0. The molecule has 43 heavy (non-hydrogen) atoms. The van der Waals surface area contributed by atoms with E-state index in [1.54, 1.807) is 41.8 Å². The van der Waals surface area contributed by atoms with Crippen LogP contribution in [0.5, 0.6) is 5.75 Å². The predicted molar refractivity (Wildman–Crippen MR) is 150 cm³/mol. The van der Waals surface area contributed by atoms with Gasteiger partial charge in [0, 0.05) is 36.1 Å². The first-order valence-corrected chi connectivity index (χ1v) is 13.8. The van der Waals surface area contributed by atoms with Crippen LogP contribution >= 0.6 is 0 Å². The molecule has 3 aliphatic heterocycles. The third-order valence-electron chi connectivity index (χ3n) is 7.86. The van der Waals surface area contributed by atoms with Crippen LogP contribution in [0.25, 0.3) is 16.9 Å². The summed E-state index contributed by atoms with van der Waals surface area (Å²) < 4.78 is 50.2. The average molecular weight is 589 g/mol. The van der Waals surface area contributed by atoms with E-state index in [0.29, 0.717) is 16.9 Å². The number of hydrogen-bond acceptors (Lipinski definition) is 7. The Morgan fingerprint density at radius 3 is 2.63 bits per heavy atom. The second kappa shape index (κ2) is 10.1. The molecule has 7 rings (SSSR count). The summed E-state index contributed by atoms with van der Waals surface area (Å²) in [4.78, 5) is 41.2. The number of nitrogens with zero attached hydrogens (tertiary/aromatic N) is 4. The van der Waals surface area contributed by atoms with Gasteiger partial charge in [0.1, 0.15) is 12.2 Å². The summed E-state index contributed by atoms with van der Waals surface area (Å²) in [5.74, 6) is -3.06. The van der Waals surface area contributed by atoms with E-state index in [-0.39, 0.29) is 31.0 Å². The minimum atomic E-state index is -1.13. The van der Waals surface area contributed by atoms with Crippen molar-refractivity contribution in [3.05, 3.63) is 106 Å². The van der Waals surface area contributed by atoms with E-state index in [1.165, 1.54) is 27.9 Å². The molecule has 2 aromatic heterocycles. The van der Waals surface area contributed by atoms with Crippen molar-refractivity contribution in [2.75, 3.05) is 24.8 Å². The lowest BCUT2D eigenvalue weighted by molar-refractivity contribution is -0.0197. The predicted octanol–water partition coefficient (Wildman–Crippen LogP) is 4.36. The molecule has 1 saturated heterocycles. The van der Waals surface area contributed by atoms with Gasteiger partial charge < -0.3 is 23.7 Å². The molecule has 0 bridgehead atoms. The number of fused-ring (bicyclic) bond motifs is 7. The van der Waals surface area contributed by atoms with E-state index < -0.39 is 53.2 Å². The molecule has 220 valence electrons. The Morgan fingerprint density at radius 2 is 1.81 bits per heavy atom. The van der Waals surface area contributed by atoms with Crippen LogP contribution in [0.2, 0.25) is 0 Å². The normalized spacial score (nSPS) is 18.7. The molecule has 2 atom stereocenters. The Balaban J connectivity index is 1.52. The number of aromatic nitrogens is 2. The molecule has 3 aliphatic rings.